The van der Waals surface area contributed by atoms with Crippen molar-refractivity contribution in [3.05, 3.63) is 60.7 Å². The molecule has 0 aromatic heterocycles. The van der Waals surface area contributed by atoms with E-state index in [4.69, 9.17) is 12.2 Å². The molecular formula is C13H11CuNS2. The summed E-state index contributed by atoms with van der Waals surface area (Å²) in [4.78, 5) is 1.93. The molecule has 2 rings (SSSR count). The minimum atomic E-state index is 0. The molecule has 0 bridgehead atoms. The molecule has 0 saturated heterocycles. The van der Waals surface area contributed by atoms with Crippen molar-refractivity contribution in [1.82, 2.24) is 0 Å². The number of para-hydroxylation sites is 2. The maximum absolute atomic E-state index is 5.17. The summed E-state index contributed by atoms with van der Waals surface area (Å²) in [5.74, 6) is 0. The normalized spacial score (nSPS) is 9.24. The van der Waals surface area contributed by atoms with Gasteiger partial charge in [-0.1, -0.05) is 48.6 Å². The molecule has 17 heavy (non-hydrogen) atoms. The van der Waals surface area contributed by atoms with E-state index in [-0.39, 0.29) is 17.1 Å². The zero-order chi connectivity index (χ0) is 11.4. The summed E-state index contributed by atoms with van der Waals surface area (Å²) in [6.45, 7) is 0. The Hall–Kier alpha value is -0.801. The van der Waals surface area contributed by atoms with Gasteiger partial charge in [0.1, 0.15) is 4.32 Å². The topological polar surface area (TPSA) is 3.24 Å². The van der Waals surface area contributed by atoms with Crippen LogP contribution in [0, 0.1) is 0 Å². The number of nitrogens with zero attached hydrogens (tertiary/aromatic N) is 1. The molecule has 0 heterocycles. The van der Waals surface area contributed by atoms with E-state index in [9.17, 15) is 0 Å². The van der Waals surface area contributed by atoms with E-state index in [0.717, 1.165) is 11.4 Å². The third-order valence-electron chi connectivity index (χ3n) is 2.22. The zero-order valence-corrected chi connectivity index (χ0v) is 11.5. The predicted octanol–water partition coefficient (Wildman–Crippen LogP) is 4.04. The number of benzene rings is 2. The van der Waals surface area contributed by atoms with Crippen LogP contribution in [-0.2, 0) is 17.1 Å². The molecule has 91 valence electrons. The average molecular weight is 309 g/mol. The zero-order valence-electron chi connectivity index (χ0n) is 8.88. The predicted molar refractivity (Wildman–Crippen MR) is 76.6 cm³/mol. The first-order valence-corrected chi connectivity index (χ1v) is 5.78. The summed E-state index contributed by atoms with van der Waals surface area (Å²) in [6.07, 6.45) is 0. The molecule has 0 unspecified atom stereocenters. The van der Waals surface area contributed by atoms with Crippen LogP contribution in [0.25, 0.3) is 0 Å². The van der Waals surface area contributed by atoms with Crippen LogP contribution in [0.2, 0.25) is 0 Å². The quantitative estimate of drug-likeness (QED) is 0.507. The molecule has 4 heteroatoms. The van der Waals surface area contributed by atoms with Gasteiger partial charge in [-0.25, -0.2) is 0 Å². The van der Waals surface area contributed by atoms with Gasteiger partial charge in [0.2, 0.25) is 0 Å². The Labute approximate surface area is 123 Å². The molecule has 0 aliphatic carbocycles. The van der Waals surface area contributed by atoms with Gasteiger partial charge in [0, 0.05) is 28.4 Å². The van der Waals surface area contributed by atoms with Gasteiger partial charge >= 0.3 is 0 Å². The standard InChI is InChI=1S/C13H11NS2.Cu/c15-13(16)14(11-7-3-1-4-8-11)12-9-5-2-6-10-12;/h1-10H,(H,15,16);. The monoisotopic (exact) mass is 308 g/mol. The van der Waals surface area contributed by atoms with Crippen LogP contribution in [0.1, 0.15) is 0 Å². The third-order valence-corrected chi connectivity index (χ3v) is 2.60. The molecular weight excluding hydrogens is 298 g/mol. The number of rotatable bonds is 2. The molecule has 0 aliphatic rings. The minimum absolute atomic E-state index is 0. The van der Waals surface area contributed by atoms with E-state index >= 15 is 0 Å². The summed E-state index contributed by atoms with van der Waals surface area (Å²) in [5.41, 5.74) is 2.04. The maximum atomic E-state index is 5.17. The first-order valence-electron chi connectivity index (χ1n) is 4.92. The second-order valence-corrected chi connectivity index (χ2v) is 4.40. The van der Waals surface area contributed by atoms with Crippen LogP contribution in [0.15, 0.2) is 60.7 Å². The summed E-state index contributed by atoms with van der Waals surface area (Å²) >= 11 is 9.44. The number of hydrogen-bond acceptors (Lipinski definition) is 1. The van der Waals surface area contributed by atoms with Crippen molar-refractivity contribution in [2.75, 3.05) is 4.90 Å². The van der Waals surface area contributed by atoms with Gasteiger partial charge in [-0.15, -0.1) is 12.6 Å². The van der Waals surface area contributed by atoms with Crippen molar-refractivity contribution in [3.63, 3.8) is 0 Å². The van der Waals surface area contributed by atoms with Gasteiger partial charge in [-0.2, -0.15) is 0 Å². The molecule has 2 aromatic rings. The van der Waals surface area contributed by atoms with E-state index in [1.165, 1.54) is 0 Å². The van der Waals surface area contributed by atoms with E-state index in [1.54, 1.807) is 0 Å². The summed E-state index contributed by atoms with van der Waals surface area (Å²) in [6, 6.07) is 19.9. The Morgan fingerprint density at radius 2 is 1.18 bits per heavy atom. The molecule has 0 spiro atoms. The summed E-state index contributed by atoms with van der Waals surface area (Å²) < 4.78 is 0.539. The van der Waals surface area contributed by atoms with Crippen LogP contribution in [-0.4, -0.2) is 4.32 Å². The van der Waals surface area contributed by atoms with Gasteiger partial charge < -0.3 is 0 Å². The van der Waals surface area contributed by atoms with Gasteiger partial charge in [0.05, 0.1) is 0 Å². The molecule has 0 N–H and O–H groups in total. The molecule has 0 saturated carbocycles. The van der Waals surface area contributed by atoms with Gasteiger partial charge in [0.15, 0.2) is 0 Å². The van der Waals surface area contributed by atoms with E-state index in [2.05, 4.69) is 12.6 Å². The molecule has 0 fully saturated rings. The first-order chi connectivity index (χ1) is 7.79. The fourth-order valence-corrected chi connectivity index (χ4v) is 1.97. The molecule has 1 radical (unpaired) electrons. The first kappa shape index (κ1) is 14.3. The Balaban J connectivity index is 0.00000144. The molecule has 2 aromatic carbocycles. The van der Waals surface area contributed by atoms with Gasteiger partial charge in [-0.05, 0) is 24.3 Å². The smallest absolute Gasteiger partial charge is 0.142 e. The third kappa shape index (κ3) is 3.58. The molecule has 0 aliphatic heterocycles. The van der Waals surface area contributed by atoms with Crippen molar-refractivity contribution >= 4 is 40.5 Å². The SMILES string of the molecule is S=C(S)N(c1ccccc1)c1ccccc1.[Cu]. The van der Waals surface area contributed by atoms with E-state index in [0.29, 0.717) is 4.32 Å². The molecule has 0 atom stereocenters. The van der Waals surface area contributed by atoms with Crippen molar-refractivity contribution in [1.29, 1.82) is 0 Å². The number of thiol groups is 1. The Morgan fingerprint density at radius 1 is 0.824 bits per heavy atom. The van der Waals surface area contributed by atoms with Gasteiger partial charge in [-0.3, -0.25) is 4.90 Å². The van der Waals surface area contributed by atoms with E-state index in [1.807, 2.05) is 65.6 Å². The Morgan fingerprint density at radius 3 is 1.47 bits per heavy atom. The van der Waals surface area contributed by atoms with Crippen molar-refractivity contribution in [2.24, 2.45) is 0 Å². The Kier molecular flexibility index (Phi) is 5.72. The number of thiocarbonyl (C=S) groups is 1. The second-order valence-electron chi connectivity index (χ2n) is 3.29. The second kappa shape index (κ2) is 6.82. The average Bonchev–Trinajstić information content (AvgIpc) is 2.31. The fraction of sp³-hybridized carbons (Fsp3) is 0. The van der Waals surface area contributed by atoms with E-state index < -0.39 is 0 Å². The summed E-state index contributed by atoms with van der Waals surface area (Å²) in [5, 5.41) is 0. The fourth-order valence-electron chi connectivity index (χ4n) is 1.52. The van der Waals surface area contributed by atoms with Crippen LogP contribution in [0.4, 0.5) is 11.4 Å². The van der Waals surface area contributed by atoms with Gasteiger partial charge in [0.25, 0.3) is 0 Å². The van der Waals surface area contributed by atoms with Crippen molar-refractivity contribution in [3.8, 4) is 0 Å². The minimum Gasteiger partial charge on any atom is -0.296 e. The Bertz CT molecular complexity index is 434. The molecule has 1 nitrogen and oxygen atoms in total. The number of hydrogen-bond donors (Lipinski definition) is 1. The largest absolute Gasteiger partial charge is 0.296 e. The van der Waals surface area contributed by atoms with Crippen LogP contribution in [0.3, 0.4) is 0 Å². The van der Waals surface area contributed by atoms with Crippen LogP contribution >= 0.6 is 24.8 Å². The van der Waals surface area contributed by atoms with Crippen molar-refractivity contribution < 1.29 is 17.1 Å². The van der Waals surface area contributed by atoms with Crippen molar-refractivity contribution in [2.45, 2.75) is 0 Å². The number of anilines is 2. The molecule has 0 amide bonds. The van der Waals surface area contributed by atoms with Crippen LogP contribution in [0.5, 0.6) is 0 Å². The van der Waals surface area contributed by atoms with Crippen LogP contribution < -0.4 is 4.90 Å². The summed E-state index contributed by atoms with van der Waals surface area (Å²) in [7, 11) is 0. The maximum Gasteiger partial charge on any atom is 0.142 e.